The highest BCUT2D eigenvalue weighted by atomic mass is 127. The zero-order chi connectivity index (χ0) is 9.42. The molecule has 1 N–H and O–H groups in total. The fourth-order valence-electron chi connectivity index (χ4n) is 1.09. The van der Waals surface area contributed by atoms with Crippen molar-refractivity contribution in [1.82, 2.24) is 9.38 Å². The first-order valence-corrected chi connectivity index (χ1v) is 4.62. The normalized spacial score (nSPS) is 10.5. The number of carbonyl (C=O) groups is 1. The first-order chi connectivity index (χ1) is 6.18. The molecule has 0 fully saturated rings. The zero-order valence-electron chi connectivity index (χ0n) is 6.44. The molecule has 0 bridgehead atoms. The van der Waals surface area contributed by atoms with Crippen molar-refractivity contribution in [2.75, 3.05) is 0 Å². The molecule has 66 valence electrons. The predicted molar refractivity (Wildman–Crippen MR) is 54.9 cm³/mol. The molecule has 2 rings (SSSR count). The van der Waals surface area contributed by atoms with E-state index in [4.69, 9.17) is 5.11 Å². The van der Waals surface area contributed by atoms with Crippen LogP contribution >= 0.6 is 22.6 Å². The minimum Gasteiger partial charge on any atom is -0.478 e. The maximum absolute atomic E-state index is 10.6. The van der Waals surface area contributed by atoms with E-state index in [9.17, 15) is 4.79 Å². The molecule has 0 aromatic carbocycles. The van der Waals surface area contributed by atoms with Crippen molar-refractivity contribution in [3.8, 4) is 0 Å². The third-order valence-electron chi connectivity index (χ3n) is 1.74. The number of rotatable bonds is 1. The van der Waals surface area contributed by atoms with Crippen LogP contribution in [0.5, 0.6) is 0 Å². The smallest absolute Gasteiger partial charge is 0.335 e. The number of nitrogens with zero attached hydrogens (tertiary/aromatic N) is 2. The Hall–Kier alpha value is -1.11. The second-order valence-electron chi connectivity index (χ2n) is 2.55. The van der Waals surface area contributed by atoms with Gasteiger partial charge in [-0.15, -0.1) is 0 Å². The summed E-state index contributed by atoms with van der Waals surface area (Å²) in [7, 11) is 0. The topological polar surface area (TPSA) is 54.6 Å². The van der Waals surface area contributed by atoms with Gasteiger partial charge in [-0.25, -0.2) is 9.78 Å². The van der Waals surface area contributed by atoms with Gasteiger partial charge in [0.2, 0.25) is 0 Å². The molecule has 0 radical (unpaired) electrons. The second-order valence-corrected chi connectivity index (χ2v) is 3.57. The SMILES string of the molecule is O=C(O)c1ccn2cnc(I)c2c1. The minimum absolute atomic E-state index is 0.283. The van der Waals surface area contributed by atoms with Crippen molar-refractivity contribution in [2.24, 2.45) is 0 Å². The number of carboxylic acid groups (broad SMARTS) is 1. The molecule has 0 atom stereocenters. The van der Waals surface area contributed by atoms with E-state index >= 15 is 0 Å². The third kappa shape index (κ3) is 1.39. The number of carboxylic acids is 1. The van der Waals surface area contributed by atoms with Gasteiger partial charge >= 0.3 is 5.97 Å². The third-order valence-corrected chi connectivity index (χ3v) is 2.57. The summed E-state index contributed by atoms with van der Waals surface area (Å²) in [6.45, 7) is 0. The van der Waals surface area contributed by atoms with Gasteiger partial charge in [0.25, 0.3) is 0 Å². The average molecular weight is 288 g/mol. The Labute approximate surface area is 87.4 Å². The summed E-state index contributed by atoms with van der Waals surface area (Å²) in [5.74, 6) is -0.917. The van der Waals surface area contributed by atoms with Crippen LogP contribution in [0.1, 0.15) is 10.4 Å². The number of aromatic nitrogens is 2. The molecule has 4 nitrogen and oxygen atoms in total. The number of fused-ring (bicyclic) bond motifs is 1. The van der Waals surface area contributed by atoms with Gasteiger partial charge in [0, 0.05) is 6.20 Å². The number of imidazole rings is 1. The van der Waals surface area contributed by atoms with Crippen LogP contribution in [-0.4, -0.2) is 20.5 Å². The van der Waals surface area contributed by atoms with Crippen molar-refractivity contribution in [1.29, 1.82) is 0 Å². The van der Waals surface area contributed by atoms with Crippen LogP contribution in [0.15, 0.2) is 24.7 Å². The van der Waals surface area contributed by atoms with Crippen molar-refractivity contribution >= 4 is 34.1 Å². The van der Waals surface area contributed by atoms with Crippen LogP contribution in [0.25, 0.3) is 5.52 Å². The Morgan fingerprint density at radius 3 is 3.08 bits per heavy atom. The Kier molecular flexibility index (Phi) is 1.95. The Bertz CT molecular complexity index is 478. The molecule has 0 saturated heterocycles. The number of aromatic carboxylic acids is 1. The molecule has 0 saturated carbocycles. The van der Waals surface area contributed by atoms with E-state index in [0.717, 1.165) is 9.22 Å². The highest BCUT2D eigenvalue weighted by Gasteiger charge is 2.06. The maximum Gasteiger partial charge on any atom is 0.335 e. The van der Waals surface area contributed by atoms with E-state index in [1.54, 1.807) is 29.1 Å². The monoisotopic (exact) mass is 288 g/mol. The predicted octanol–water partition coefficient (Wildman–Crippen LogP) is 1.64. The van der Waals surface area contributed by atoms with Crippen molar-refractivity contribution in [2.45, 2.75) is 0 Å². The first kappa shape index (κ1) is 8.49. The fourth-order valence-corrected chi connectivity index (χ4v) is 1.65. The molecule has 0 aliphatic heterocycles. The summed E-state index contributed by atoms with van der Waals surface area (Å²) < 4.78 is 2.59. The highest BCUT2D eigenvalue weighted by molar-refractivity contribution is 14.1. The minimum atomic E-state index is -0.917. The van der Waals surface area contributed by atoms with Crippen LogP contribution in [-0.2, 0) is 0 Å². The lowest BCUT2D eigenvalue weighted by molar-refractivity contribution is 0.0697. The van der Waals surface area contributed by atoms with E-state index in [1.165, 1.54) is 0 Å². The largest absolute Gasteiger partial charge is 0.478 e. The molecular formula is C8H5IN2O2. The summed E-state index contributed by atoms with van der Waals surface area (Å²) >= 11 is 2.07. The number of hydrogen-bond donors (Lipinski definition) is 1. The van der Waals surface area contributed by atoms with Crippen LogP contribution in [0, 0.1) is 3.70 Å². The van der Waals surface area contributed by atoms with Crippen LogP contribution in [0.3, 0.4) is 0 Å². The Morgan fingerprint density at radius 1 is 1.62 bits per heavy atom. The molecule has 0 spiro atoms. The molecular weight excluding hydrogens is 283 g/mol. The maximum atomic E-state index is 10.6. The summed E-state index contributed by atoms with van der Waals surface area (Å²) in [5, 5.41) is 8.74. The van der Waals surface area contributed by atoms with E-state index in [0.29, 0.717) is 0 Å². The summed E-state index contributed by atoms with van der Waals surface area (Å²) in [6, 6.07) is 3.16. The summed E-state index contributed by atoms with van der Waals surface area (Å²) in [5.41, 5.74) is 1.10. The van der Waals surface area contributed by atoms with Crippen molar-refractivity contribution in [3.05, 3.63) is 33.9 Å². The molecule has 0 aliphatic carbocycles. The van der Waals surface area contributed by atoms with Crippen molar-refractivity contribution in [3.63, 3.8) is 0 Å². The number of halogens is 1. The lowest BCUT2D eigenvalue weighted by Crippen LogP contribution is -1.97. The van der Waals surface area contributed by atoms with Gasteiger partial charge in [-0.3, -0.25) is 0 Å². The van der Waals surface area contributed by atoms with E-state index in [-0.39, 0.29) is 5.56 Å². The van der Waals surface area contributed by atoms with Gasteiger partial charge in [-0.1, -0.05) is 0 Å². The molecule has 13 heavy (non-hydrogen) atoms. The van der Waals surface area contributed by atoms with Gasteiger partial charge in [-0.05, 0) is 34.7 Å². The van der Waals surface area contributed by atoms with Crippen LogP contribution in [0.4, 0.5) is 0 Å². The van der Waals surface area contributed by atoms with Crippen molar-refractivity contribution < 1.29 is 9.90 Å². The molecule has 0 aliphatic rings. The van der Waals surface area contributed by atoms with Crippen LogP contribution < -0.4 is 0 Å². The molecule has 0 amide bonds. The standard InChI is InChI=1S/C8H5IN2O2/c9-7-6-3-5(8(12)13)1-2-11(6)4-10-7/h1-4H,(H,12,13). The molecule has 2 aromatic rings. The van der Waals surface area contributed by atoms with E-state index in [1.807, 2.05) is 0 Å². The zero-order valence-corrected chi connectivity index (χ0v) is 8.59. The quantitative estimate of drug-likeness (QED) is 0.812. The first-order valence-electron chi connectivity index (χ1n) is 3.54. The van der Waals surface area contributed by atoms with E-state index in [2.05, 4.69) is 27.6 Å². The Morgan fingerprint density at radius 2 is 2.38 bits per heavy atom. The summed E-state index contributed by atoms with van der Waals surface area (Å²) in [6.07, 6.45) is 3.34. The molecule has 0 unspecified atom stereocenters. The Balaban J connectivity index is 2.72. The molecule has 5 heteroatoms. The van der Waals surface area contributed by atoms with E-state index < -0.39 is 5.97 Å². The van der Waals surface area contributed by atoms with Gasteiger partial charge in [-0.2, -0.15) is 0 Å². The second kappa shape index (κ2) is 2.99. The lowest BCUT2D eigenvalue weighted by Gasteiger charge is -1.96. The average Bonchev–Trinajstić information content (AvgIpc) is 2.47. The molecule has 2 aromatic heterocycles. The lowest BCUT2D eigenvalue weighted by atomic mass is 10.2. The van der Waals surface area contributed by atoms with Gasteiger partial charge in [0.05, 0.1) is 11.1 Å². The van der Waals surface area contributed by atoms with Gasteiger partial charge in [0.15, 0.2) is 0 Å². The number of hydrogen-bond acceptors (Lipinski definition) is 2. The van der Waals surface area contributed by atoms with Gasteiger partial charge in [0.1, 0.15) is 10.0 Å². The van der Waals surface area contributed by atoms with Crippen LogP contribution in [0.2, 0.25) is 0 Å². The number of pyridine rings is 1. The highest BCUT2D eigenvalue weighted by Crippen LogP contribution is 2.13. The molecule has 2 heterocycles. The fraction of sp³-hybridized carbons (Fsp3) is 0. The van der Waals surface area contributed by atoms with Gasteiger partial charge < -0.3 is 9.51 Å². The summed E-state index contributed by atoms with van der Waals surface area (Å²) in [4.78, 5) is 14.7.